The lowest BCUT2D eigenvalue weighted by atomic mass is 9.59. The van der Waals surface area contributed by atoms with Crippen LogP contribution >= 0.6 is 0 Å². The van der Waals surface area contributed by atoms with Gasteiger partial charge in [-0.05, 0) is 97.2 Å². The van der Waals surface area contributed by atoms with Crippen LogP contribution in [0, 0.1) is 65.1 Å². The second-order valence-electron chi connectivity index (χ2n) is 15.0. The molecule has 1 fully saturated rings. The standard InChI is InChI=1S/C39H77N/c1-12-18-20-24-38(37(22-15-4)34(17-6)35(28(7)8)23-19-13-2)36(21-14-3)30(10)32(16-5)27-33-25-29(9)26-39(40)31(33)11/h16,28-39H,5,12-15,17-27,40H2,1-4,6-11H3. The van der Waals surface area contributed by atoms with Crippen molar-refractivity contribution in [2.75, 3.05) is 0 Å². The summed E-state index contributed by atoms with van der Waals surface area (Å²) in [5.74, 6) is 8.50. The van der Waals surface area contributed by atoms with Crippen LogP contribution in [0.2, 0.25) is 0 Å². The highest BCUT2D eigenvalue weighted by Gasteiger charge is 2.41. The second-order valence-corrected chi connectivity index (χ2v) is 15.0. The molecule has 238 valence electrons. The van der Waals surface area contributed by atoms with Gasteiger partial charge in [0, 0.05) is 6.04 Å². The topological polar surface area (TPSA) is 26.0 Å². The van der Waals surface area contributed by atoms with Gasteiger partial charge in [-0.3, -0.25) is 0 Å². The van der Waals surface area contributed by atoms with Crippen LogP contribution in [0.1, 0.15) is 166 Å². The first-order valence-corrected chi connectivity index (χ1v) is 18.5. The van der Waals surface area contributed by atoms with Crippen LogP contribution in [-0.4, -0.2) is 6.04 Å². The molecule has 1 heteroatoms. The summed E-state index contributed by atoms with van der Waals surface area (Å²) in [6.07, 6.45) is 22.8. The van der Waals surface area contributed by atoms with Crippen molar-refractivity contribution in [3.63, 3.8) is 0 Å². The maximum atomic E-state index is 6.66. The van der Waals surface area contributed by atoms with Crippen LogP contribution in [-0.2, 0) is 0 Å². The Morgan fingerprint density at radius 1 is 0.700 bits per heavy atom. The van der Waals surface area contributed by atoms with Crippen molar-refractivity contribution in [1.82, 2.24) is 0 Å². The molecular formula is C39H77N. The summed E-state index contributed by atoms with van der Waals surface area (Å²) in [5, 5.41) is 0. The van der Waals surface area contributed by atoms with E-state index in [9.17, 15) is 0 Å². The average Bonchev–Trinajstić information content (AvgIpc) is 2.92. The zero-order valence-electron chi connectivity index (χ0n) is 29.4. The number of unbranched alkanes of at least 4 members (excludes halogenated alkanes) is 3. The third-order valence-corrected chi connectivity index (χ3v) is 11.8. The van der Waals surface area contributed by atoms with Crippen molar-refractivity contribution >= 4 is 0 Å². The zero-order chi connectivity index (χ0) is 30.2. The van der Waals surface area contributed by atoms with Crippen LogP contribution in [0.5, 0.6) is 0 Å². The molecular weight excluding hydrogens is 482 g/mol. The fourth-order valence-electron chi connectivity index (χ4n) is 9.42. The van der Waals surface area contributed by atoms with Crippen LogP contribution < -0.4 is 5.73 Å². The Kier molecular flexibility index (Phi) is 19.4. The van der Waals surface area contributed by atoms with Crippen molar-refractivity contribution < 1.29 is 0 Å². The summed E-state index contributed by atoms with van der Waals surface area (Å²) in [6, 6.07) is 0.373. The van der Waals surface area contributed by atoms with Crippen molar-refractivity contribution in [3.05, 3.63) is 12.7 Å². The molecule has 1 aliphatic rings. The van der Waals surface area contributed by atoms with Crippen molar-refractivity contribution in [2.45, 2.75) is 172 Å². The molecule has 0 spiro atoms. The van der Waals surface area contributed by atoms with E-state index in [4.69, 9.17) is 5.73 Å². The van der Waals surface area contributed by atoms with Gasteiger partial charge in [0.25, 0.3) is 0 Å². The smallest absolute Gasteiger partial charge is 0.00697 e. The predicted octanol–water partition coefficient (Wildman–Crippen LogP) is 12.3. The Balaban J connectivity index is 3.44. The van der Waals surface area contributed by atoms with Gasteiger partial charge in [-0.1, -0.05) is 140 Å². The molecule has 0 aromatic heterocycles. The Bertz CT molecular complexity index is 624. The summed E-state index contributed by atoms with van der Waals surface area (Å²) in [4.78, 5) is 0. The van der Waals surface area contributed by atoms with E-state index in [1.165, 1.54) is 96.3 Å². The van der Waals surface area contributed by atoms with Gasteiger partial charge < -0.3 is 5.73 Å². The lowest BCUT2D eigenvalue weighted by Gasteiger charge is -2.46. The van der Waals surface area contributed by atoms with Gasteiger partial charge in [-0.2, -0.15) is 0 Å². The van der Waals surface area contributed by atoms with Gasteiger partial charge in [-0.15, -0.1) is 6.58 Å². The van der Waals surface area contributed by atoms with E-state index in [0.717, 1.165) is 47.3 Å². The van der Waals surface area contributed by atoms with Crippen molar-refractivity contribution in [2.24, 2.45) is 70.8 Å². The van der Waals surface area contributed by atoms with Crippen molar-refractivity contribution in [3.8, 4) is 0 Å². The van der Waals surface area contributed by atoms with Crippen LogP contribution in [0.3, 0.4) is 0 Å². The molecule has 11 atom stereocenters. The SMILES string of the molecule is C=CC(CC1CC(C)CC(N)C1C)C(C)C(CCC)C(CCCCC)C(CCC)C(CC)C(CCCC)C(C)C. The minimum absolute atomic E-state index is 0.373. The molecule has 1 nitrogen and oxygen atoms in total. The van der Waals surface area contributed by atoms with Gasteiger partial charge in [-0.25, -0.2) is 0 Å². The molecule has 11 unspecified atom stereocenters. The first-order valence-electron chi connectivity index (χ1n) is 18.5. The molecule has 1 rings (SSSR count). The maximum Gasteiger partial charge on any atom is 0.00697 e. The molecule has 0 aromatic rings. The zero-order valence-corrected chi connectivity index (χ0v) is 29.4. The van der Waals surface area contributed by atoms with Gasteiger partial charge in [0.05, 0.1) is 0 Å². The van der Waals surface area contributed by atoms with Crippen molar-refractivity contribution in [1.29, 1.82) is 0 Å². The molecule has 0 bridgehead atoms. The molecule has 2 N–H and O–H groups in total. The average molecular weight is 560 g/mol. The molecule has 0 aromatic carbocycles. The van der Waals surface area contributed by atoms with Crippen LogP contribution in [0.4, 0.5) is 0 Å². The largest absolute Gasteiger partial charge is 0.327 e. The number of hydrogen-bond donors (Lipinski definition) is 1. The molecule has 1 aliphatic carbocycles. The molecule has 0 amide bonds. The first kappa shape index (κ1) is 37.7. The van der Waals surface area contributed by atoms with Crippen LogP contribution in [0.25, 0.3) is 0 Å². The third kappa shape index (κ3) is 11.4. The summed E-state index contributed by atoms with van der Waals surface area (Å²) >= 11 is 0. The minimum atomic E-state index is 0.373. The molecule has 0 saturated heterocycles. The highest BCUT2D eigenvalue weighted by Crippen LogP contribution is 2.48. The van der Waals surface area contributed by atoms with E-state index in [1.54, 1.807) is 0 Å². The second kappa shape index (κ2) is 20.6. The fourth-order valence-corrected chi connectivity index (χ4v) is 9.42. The Morgan fingerprint density at radius 2 is 1.27 bits per heavy atom. The number of hydrogen-bond acceptors (Lipinski definition) is 1. The first-order chi connectivity index (χ1) is 19.1. The normalized spacial score (nSPS) is 27.1. The molecule has 0 aliphatic heterocycles. The van der Waals surface area contributed by atoms with Crippen LogP contribution in [0.15, 0.2) is 12.7 Å². The van der Waals surface area contributed by atoms with Gasteiger partial charge in [0.15, 0.2) is 0 Å². The van der Waals surface area contributed by atoms with E-state index in [1.807, 2.05) is 0 Å². The minimum Gasteiger partial charge on any atom is -0.327 e. The number of allylic oxidation sites excluding steroid dienone is 1. The lowest BCUT2D eigenvalue weighted by molar-refractivity contribution is 0.0354. The molecule has 0 heterocycles. The monoisotopic (exact) mass is 560 g/mol. The van der Waals surface area contributed by atoms with E-state index >= 15 is 0 Å². The summed E-state index contributed by atoms with van der Waals surface area (Å²) < 4.78 is 0. The maximum absolute atomic E-state index is 6.66. The third-order valence-electron chi connectivity index (χ3n) is 11.8. The number of rotatable bonds is 22. The van der Waals surface area contributed by atoms with Gasteiger partial charge >= 0.3 is 0 Å². The Morgan fingerprint density at radius 3 is 1.80 bits per heavy atom. The van der Waals surface area contributed by atoms with Gasteiger partial charge in [0.2, 0.25) is 0 Å². The van der Waals surface area contributed by atoms with Gasteiger partial charge in [0.1, 0.15) is 0 Å². The van der Waals surface area contributed by atoms with E-state index in [2.05, 4.69) is 81.9 Å². The Hall–Kier alpha value is -0.300. The fraction of sp³-hybridized carbons (Fsp3) is 0.949. The van der Waals surface area contributed by atoms with E-state index in [-0.39, 0.29) is 0 Å². The molecule has 1 saturated carbocycles. The highest BCUT2D eigenvalue weighted by molar-refractivity contribution is 4.95. The summed E-state index contributed by atoms with van der Waals surface area (Å²) in [6.45, 7) is 29.2. The quantitative estimate of drug-likeness (QED) is 0.104. The summed E-state index contributed by atoms with van der Waals surface area (Å²) in [7, 11) is 0. The number of nitrogens with two attached hydrogens (primary N) is 1. The molecule has 0 radical (unpaired) electrons. The van der Waals surface area contributed by atoms with E-state index < -0.39 is 0 Å². The summed E-state index contributed by atoms with van der Waals surface area (Å²) in [5.41, 5.74) is 6.66. The Labute approximate surface area is 254 Å². The van der Waals surface area contributed by atoms with E-state index in [0.29, 0.717) is 23.8 Å². The predicted molar refractivity (Wildman–Crippen MR) is 183 cm³/mol. The molecule has 40 heavy (non-hydrogen) atoms. The lowest BCUT2D eigenvalue weighted by Crippen LogP contribution is -2.42. The highest BCUT2D eigenvalue weighted by atomic mass is 14.7.